The fourth-order valence-corrected chi connectivity index (χ4v) is 3.50. The lowest BCUT2D eigenvalue weighted by Gasteiger charge is -2.14. The largest absolute Gasteiger partial charge is 0.488 e. The fraction of sp³-hybridized carbons (Fsp3) is 0.333. The molecule has 0 unspecified atom stereocenters. The van der Waals surface area contributed by atoms with Crippen molar-refractivity contribution in [3.05, 3.63) is 49.0 Å². The first-order valence-electron chi connectivity index (χ1n) is 6.42. The van der Waals surface area contributed by atoms with E-state index in [1.807, 2.05) is 18.2 Å². The van der Waals surface area contributed by atoms with E-state index in [0.717, 1.165) is 21.2 Å². The summed E-state index contributed by atoms with van der Waals surface area (Å²) in [5.41, 5.74) is 1.17. The van der Waals surface area contributed by atoms with Crippen LogP contribution >= 0.6 is 43.2 Å². The van der Waals surface area contributed by atoms with Crippen LogP contribution in [-0.4, -0.2) is 6.04 Å². The van der Waals surface area contributed by atoms with Crippen molar-refractivity contribution in [2.75, 3.05) is 0 Å². The first kappa shape index (κ1) is 16.0. The van der Waals surface area contributed by atoms with Crippen LogP contribution < -0.4 is 10.1 Å². The first-order chi connectivity index (χ1) is 9.56. The maximum absolute atomic E-state index is 5.97. The first-order valence-corrected chi connectivity index (χ1v) is 8.89. The molecule has 0 aliphatic heterocycles. The monoisotopic (exact) mass is 417 g/mol. The highest BCUT2D eigenvalue weighted by atomic mass is 79.9. The zero-order valence-corrected chi connectivity index (χ0v) is 15.4. The Balaban J connectivity index is 2.08. The average Bonchev–Trinajstić information content (AvgIpc) is 2.81. The molecule has 1 N–H and O–H groups in total. The van der Waals surface area contributed by atoms with E-state index in [9.17, 15) is 0 Å². The number of hydrogen-bond acceptors (Lipinski definition) is 3. The Labute approximate surface area is 140 Å². The SMILES string of the molecule is CC(C)NCc1cc(Br)ccc1OCc1sccc1Br. The summed E-state index contributed by atoms with van der Waals surface area (Å²) in [6.07, 6.45) is 0. The van der Waals surface area contributed by atoms with E-state index in [0.29, 0.717) is 12.6 Å². The minimum absolute atomic E-state index is 0.452. The maximum atomic E-state index is 5.97. The van der Waals surface area contributed by atoms with Crippen molar-refractivity contribution >= 4 is 43.2 Å². The van der Waals surface area contributed by atoms with E-state index in [1.165, 1.54) is 10.4 Å². The number of ether oxygens (including phenoxy) is 1. The predicted octanol–water partition coefficient (Wildman–Crippen LogP) is 5.35. The zero-order valence-electron chi connectivity index (χ0n) is 11.5. The van der Waals surface area contributed by atoms with Crippen LogP contribution in [0.5, 0.6) is 5.75 Å². The van der Waals surface area contributed by atoms with Gasteiger partial charge in [0.2, 0.25) is 0 Å². The molecular formula is C15H17Br2NOS. The highest BCUT2D eigenvalue weighted by Crippen LogP contribution is 2.27. The molecule has 2 rings (SSSR count). The van der Waals surface area contributed by atoms with E-state index in [-0.39, 0.29) is 0 Å². The van der Waals surface area contributed by atoms with Crippen molar-refractivity contribution in [3.63, 3.8) is 0 Å². The molecule has 0 fully saturated rings. The Morgan fingerprint density at radius 2 is 2.05 bits per heavy atom. The molecule has 0 atom stereocenters. The molecule has 1 aromatic carbocycles. The van der Waals surface area contributed by atoms with Crippen LogP contribution in [0.15, 0.2) is 38.6 Å². The molecule has 2 nitrogen and oxygen atoms in total. The average molecular weight is 419 g/mol. The van der Waals surface area contributed by atoms with Gasteiger partial charge in [-0.1, -0.05) is 29.8 Å². The highest BCUT2D eigenvalue weighted by molar-refractivity contribution is 9.10. The van der Waals surface area contributed by atoms with Gasteiger partial charge in [-0.3, -0.25) is 0 Å². The Morgan fingerprint density at radius 1 is 1.25 bits per heavy atom. The lowest BCUT2D eigenvalue weighted by molar-refractivity contribution is 0.304. The minimum atomic E-state index is 0.452. The predicted molar refractivity (Wildman–Crippen MR) is 92.5 cm³/mol. The summed E-state index contributed by atoms with van der Waals surface area (Å²) in [6.45, 7) is 5.68. The van der Waals surface area contributed by atoms with Crippen LogP contribution in [0.2, 0.25) is 0 Å². The van der Waals surface area contributed by atoms with Crippen LogP contribution in [0.1, 0.15) is 24.3 Å². The van der Waals surface area contributed by atoms with Gasteiger partial charge in [-0.15, -0.1) is 11.3 Å². The Morgan fingerprint density at radius 3 is 2.70 bits per heavy atom. The number of nitrogens with one attached hydrogen (secondary N) is 1. The number of rotatable bonds is 6. The minimum Gasteiger partial charge on any atom is -0.488 e. The third-order valence-corrected chi connectivity index (χ3v) is 5.17. The van der Waals surface area contributed by atoms with E-state index in [4.69, 9.17) is 4.74 Å². The molecule has 108 valence electrons. The van der Waals surface area contributed by atoms with Crippen LogP contribution in [0, 0.1) is 0 Å². The highest BCUT2D eigenvalue weighted by Gasteiger charge is 2.08. The number of benzene rings is 1. The fourth-order valence-electron chi connectivity index (χ4n) is 1.71. The van der Waals surface area contributed by atoms with Crippen LogP contribution in [0.25, 0.3) is 0 Å². The van der Waals surface area contributed by atoms with Gasteiger partial charge in [0.25, 0.3) is 0 Å². The summed E-state index contributed by atoms with van der Waals surface area (Å²) in [4.78, 5) is 1.20. The molecule has 0 bridgehead atoms. The second-order valence-corrected chi connectivity index (χ2v) is 7.54. The molecule has 0 saturated heterocycles. The van der Waals surface area contributed by atoms with Crippen molar-refractivity contribution in [3.8, 4) is 5.75 Å². The third kappa shape index (κ3) is 4.58. The van der Waals surface area contributed by atoms with Gasteiger partial charge in [0.15, 0.2) is 0 Å². The molecule has 1 heterocycles. The van der Waals surface area contributed by atoms with Crippen LogP contribution in [-0.2, 0) is 13.2 Å². The van der Waals surface area contributed by atoms with E-state index in [2.05, 4.69) is 62.5 Å². The summed E-state index contributed by atoms with van der Waals surface area (Å²) in [5, 5.41) is 5.49. The normalized spacial score (nSPS) is 11.1. The molecule has 0 aliphatic carbocycles. The van der Waals surface area contributed by atoms with Gasteiger partial charge in [-0.05, 0) is 45.6 Å². The molecule has 5 heteroatoms. The Hall–Kier alpha value is -0.360. The lowest BCUT2D eigenvalue weighted by Crippen LogP contribution is -2.22. The van der Waals surface area contributed by atoms with Gasteiger partial charge in [0.05, 0.1) is 4.88 Å². The van der Waals surface area contributed by atoms with Crippen molar-refractivity contribution in [2.24, 2.45) is 0 Å². The van der Waals surface area contributed by atoms with Crippen molar-refractivity contribution in [1.29, 1.82) is 0 Å². The third-order valence-electron chi connectivity index (χ3n) is 2.77. The molecule has 20 heavy (non-hydrogen) atoms. The second kappa shape index (κ2) is 7.59. The molecule has 0 saturated carbocycles. The maximum Gasteiger partial charge on any atom is 0.124 e. The van der Waals surface area contributed by atoms with Crippen molar-refractivity contribution in [1.82, 2.24) is 5.32 Å². The van der Waals surface area contributed by atoms with Crippen molar-refractivity contribution < 1.29 is 4.74 Å². The number of hydrogen-bond donors (Lipinski definition) is 1. The van der Waals surface area contributed by atoms with E-state index in [1.54, 1.807) is 11.3 Å². The molecule has 0 amide bonds. The van der Waals surface area contributed by atoms with Gasteiger partial charge in [-0.2, -0.15) is 0 Å². The Kier molecular flexibility index (Phi) is 6.08. The quantitative estimate of drug-likeness (QED) is 0.682. The lowest BCUT2D eigenvalue weighted by atomic mass is 10.2. The topological polar surface area (TPSA) is 21.3 Å². The summed E-state index contributed by atoms with van der Waals surface area (Å²) < 4.78 is 8.15. The summed E-state index contributed by atoms with van der Waals surface area (Å²) in [5.74, 6) is 0.932. The van der Waals surface area contributed by atoms with Gasteiger partial charge >= 0.3 is 0 Å². The molecule has 2 aromatic rings. The summed E-state index contributed by atoms with van der Waals surface area (Å²) in [7, 11) is 0. The van der Waals surface area contributed by atoms with Gasteiger partial charge in [-0.25, -0.2) is 0 Å². The number of halogens is 2. The van der Waals surface area contributed by atoms with Crippen LogP contribution in [0.3, 0.4) is 0 Å². The zero-order chi connectivity index (χ0) is 14.5. The van der Waals surface area contributed by atoms with E-state index >= 15 is 0 Å². The van der Waals surface area contributed by atoms with Gasteiger partial charge < -0.3 is 10.1 Å². The molecule has 0 aliphatic rings. The molecule has 0 spiro atoms. The van der Waals surface area contributed by atoms with Crippen molar-refractivity contribution in [2.45, 2.75) is 33.0 Å². The number of thiophene rings is 1. The molecule has 0 radical (unpaired) electrons. The van der Waals surface area contributed by atoms with Gasteiger partial charge in [0.1, 0.15) is 12.4 Å². The molecular weight excluding hydrogens is 402 g/mol. The second-order valence-electron chi connectivity index (χ2n) is 4.77. The van der Waals surface area contributed by atoms with Crippen LogP contribution in [0.4, 0.5) is 0 Å². The standard InChI is InChI=1S/C15H17Br2NOS/c1-10(2)18-8-11-7-12(16)3-4-14(11)19-9-15-13(17)5-6-20-15/h3-7,10,18H,8-9H2,1-2H3. The summed E-state index contributed by atoms with van der Waals surface area (Å²) >= 11 is 8.75. The van der Waals surface area contributed by atoms with Gasteiger partial charge in [0, 0.05) is 27.1 Å². The smallest absolute Gasteiger partial charge is 0.124 e. The summed E-state index contributed by atoms with van der Waals surface area (Å²) in [6, 6.07) is 8.63. The molecule has 1 aromatic heterocycles. The van der Waals surface area contributed by atoms with E-state index < -0.39 is 0 Å². The Bertz CT molecular complexity index is 569.